The summed E-state index contributed by atoms with van der Waals surface area (Å²) in [6.45, 7) is 8.89. The fourth-order valence-corrected chi connectivity index (χ4v) is 4.30. The molecular formula is C27H32. The van der Waals surface area contributed by atoms with Crippen LogP contribution in [0.3, 0.4) is 0 Å². The van der Waals surface area contributed by atoms with Gasteiger partial charge in [-0.15, -0.1) is 0 Å². The van der Waals surface area contributed by atoms with Crippen LogP contribution in [0.5, 0.6) is 0 Å². The lowest BCUT2D eigenvalue weighted by atomic mass is 9.66. The number of aryl methyl sites for hydroxylation is 3. The molecule has 0 heterocycles. The predicted octanol–water partition coefficient (Wildman–Crippen LogP) is 7.53. The normalized spacial score (nSPS) is 11.6. The molecule has 0 aliphatic heterocycles. The van der Waals surface area contributed by atoms with Gasteiger partial charge in [0.1, 0.15) is 0 Å². The highest BCUT2D eigenvalue weighted by Crippen LogP contribution is 2.44. The molecular weight excluding hydrogens is 324 g/mol. The van der Waals surface area contributed by atoms with E-state index in [1.165, 1.54) is 52.6 Å². The molecule has 0 bridgehead atoms. The molecule has 3 rings (SSSR count). The van der Waals surface area contributed by atoms with Gasteiger partial charge in [-0.3, -0.25) is 0 Å². The molecule has 0 radical (unpaired) electrons. The van der Waals surface area contributed by atoms with Gasteiger partial charge in [-0.25, -0.2) is 0 Å². The smallest absolute Gasteiger partial charge is 0.0451 e. The molecule has 140 valence electrons. The third-order valence-corrected chi connectivity index (χ3v) is 5.69. The van der Waals surface area contributed by atoms with Gasteiger partial charge in [0, 0.05) is 5.41 Å². The summed E-state index contributed by atoms with van der Waals surface area (Å²) in [5.41, 5.74) is 8.12. The Morgan fingerprint density at radius 1 is 0.593 bits per heavy atom. The average Bonchev–Trinajstić information content (AvgIpc) is 2.65. The van der Waals surface area contributed by atoms with E-state index in [0.717, 1.165) is 6.42 Å². The lowest BCUT2D eigenvalue weighted by Gasteiger charge is -2.37. The monoisotopic (exact) mass is 356 g/mol. The standard InChI is InChI=1S/C27H32/c1-5-6-7-17-27(24-14-8-11-21(2)18-24,25-15-9-12-22(3)19-25)26-16-10-13-23(4)20-26/h8-16,18-20H,5-7,17H2,1-4H3. The molecule has 0 fully saturated rings. The fraction of sp³-hybridized carbons (Fsp3) is 0.333. The second-order valence-corrected chi connectivity index (χ2v) is 7.97. The van der Waals surface area contributed by atoms with E-state index in [9.17, 15) is 0 Å². The lowest BCUT2D eigenvalue weighted by molar-refractivity contribution is 0.514. The van der Waals surface area contributed by atoms with Crippen LogP contribution in [0.2, 0.25) is 0 Å². The predicted molar refractivity (Wildman–Crippen MR) is 118 cm³/mol. The van der Waals surface area contributed by atoms with E-state index >= 15 is 0 Å². The van der Waals surface area contributed by atoms with Crippen molar-refractivity contribution in [3.05, 3.63) is 106 Å². The minimum Gasteiger partial charge on any atom is -0.0654 e. The Kier molecular flexibility index (Phi) is 6.16. The molecule has 3 aromatic rings. The van der Waals surface area contributed by atoms with Crippen molar-refractivity contribution < 1.29 is 0 Å². The Balaban J connectivity index is 2.29. The van der Waals surface area contributed by atoms with E-state index in [-0.39, 0.29) is 5.41 Å². The Hall–Kier alpha value is -2.34. The minimum absolute atomic E-state index is 0.0980. The van der Waals surface area contributed by atoms with E-state index in [4.69, 9.17) is 0 Å². The maximum atomic E-state index is 2.39. The van der Waals surface area contributed by atoms with Gasteiger partial charge in [-0.2, -0.15) is 0 Å². The van der Waals surface area contributed by atoms with Crippen LogP contribution in [0.1, 0.15) is 66.0 Å². The quantitative estimate of drug-likeness (QED) is 0.303. The molecule has 0 atom stereocenters. The molecule has 27 heavy (non-hydrogen) atoms. The second-order valence-electron chi connectivity index (χ2n) is 7.97. The first-order valence-corrected chi connectivity index (χ1v) is 10.3. The second kappa shape index (κ2) is 8.57. The summed E-state index contributed by atoms with van der Waals surface area (Å²) in [6, 6.07) is 27.4. The summed E-state index contributed by atoms with van der Waals surface area (Å²) in [5.74, 6) is 0. The van der Waals surface area contributed by atoms with Gasteiger partial charge in [0.25, 0.3) is 0 Å². The third kappa shape index (κ3) is 4.16. The molecule has 3 aromatic carbocycles. The molecule has 0 nitrogen and oxygen atoms in total. The highest BCUT2D eigenvalue weighted by molar-refractivity contribution is 5.52. The molecule has 0 amide bonds. The Labute approximate surface area is 165 Å². The minimum atomic E-state index is -0.0980. The van der Waals surface area contributed by atoms with Gasteiger partial charge < -0.3 is 0 Å². The molecule has 0 unspecified atom stereocenters. The van der Waals surface area contributed by atoms with Gasteiger partial charge in [0.2, 0.25) is 0 Å². The number of benzene rings is 3. The van der Waals surface area contributed by atoms with Crippen molar-refractivity contribution in [2.75, 3.05) is 0 Å². The molecule has 0 spiro atoms. The Bertz CT molecular complexity index is 777. The lowest BCUT2D eigenvalue weighted by Crippen LogP contribution is -2.30. The van der Waals surface area contributed by atoms with E-state index < -0.39 is 0 Å². The van der Waals surface area contributed by atoms with Crippen molar-refractivity contribution in [2.45, 2.75) is 58.8 Å². The van der Waals surface area contributed by atoms with Crippen molar-refractivity contribution in [2.24, 2.45) is 0 Å². The van der Waals surface area contributed by atoms with Crippen LogP contribution >= 0.6 is 0 Å². The number of unbranched alkanes of at least 4 members (excludes halogenated alkanes) is 2. The van der Waals surface area contributed by atoms with Crippen molar-refractivity contribution in [3.8, 4) is 0 Å². The van der Waals surface area contributed by atoms with Crippen molar-refractivity contribution in [1.29, 1.82) is 0 Å². The van der Waals surface area contributed by atoms with E-state index in [1.807, 2.05) is 0 Å². The zero-order chi connectivity index (χ0) is 19.3. The number of rotatable bonds is 7. The largest absolute Gasteiger partial charge is 0.0654 e. The first kappa shape index (κ1) is 19.4. The van der Waals surface area contributed by atoms with Crippen molar-refractivity contribution >= 4 is 0 Å². The zero-order valence-electron chi connectivity index (χ0n) is 17.3. The first-order valence-electron chi connectivity index (χ1n) is 10.3. The molecule has 0 saturated carbocycles. The highest BCUT2D eigenvalue weighted by atomic mass is 14.4. The maximum Gasteiger partial charge on any atom is 0.0451 e. The summed E-state index contributed by atoms with van der Waals surface area (Å²) < 4.78 is 0. The molecule has 0 saturated heterocycles. The average molecular weight is 357 g/mol. The van der Waals surface area contributed by atoms with Gasteiger partial charge in [0.15, 0.2) is 0 Å². The van der Waals surface area contributed by atoms with E-state index in [2.05, 4.69) is 100 Å². The first-order chi connectivity index (χ1) is 13.1. The molecule has 0 heteroatoms. The summed E-state index contributed by atoms with van der Waals surface area (Å²) in [7, 11) is 0. The van der Waals surface area contributed by atoms with E-state index in [1.54, 1.807) is 0 Å². The Morgan fingerprint density at radius 3 is 1.33 bits per heavy atom. The molecule has 0 N–H and O–H groups in total. The summed E-state index contributed by atoms with van der Waals surface area (Å²) >= 11 is 0. The summed E-state index contributed by atoms with van der Waals surface area (Å²) in [6.07, 6.45) is 4.88. The van der Waals surface area contributed by atoms with Crippen molar-refractivity contribution in [1.82, 2.24) is 0 Å². The SMILES string of the molecule is CCCCCC(c1cccc(C)c1)(c1cccc(C)c1)c1cccc(C)c1. The van der Waals surface area contributed by atoms with Gasteiger partial charge in [-0.1, -0.05) is 116 Å². The van der Waals surface area contributed by atoms with Gasteiger partial charge >= 0.3 is 0 Å². The van der Waals surface area contributed by atoms with Crippen LogP contribution in [0.25, 0.3) is 0 Å². The van der Waals surface area contributed by atoms with Crippen LogP contribution in [0.15, 0.2) is 72.8 Å². The van der Waals surface area contributed by atoms with Crippen LogP contribution in [0.4, 0.5) is 0 Å². The van der Waals surface area contributed by atoms with Crippen LogP contribution < -0.4 is 0 Å². The van der Waals surface area contributed by atoms with Crippen LogP contribution in [-0.4, -0.2) is 0 Å². The molecule has 0 aliphatic carbocycles. The van der Waals surface area contributed by atoms with Crippen molar-refractivity contribution in [3.63, 3.8) is 0 Å². The highest BCUT2D eigenvalue weighted by Gasteiger charge is 2.36. The molecule has 0 aromatic heterocycles. The number of hydrogen-bond acceptors (Lipinski definition) is 0. The van der Waals surface area contributed by atoms with Crippen LogP contribution in [-0.2, 0) is 5.41 Å². The number of hydrogen-bond donors (Lipinski definition) is 0. The Morgan fingerprint density at radius 2 is 1.00 bits per heavy atom. The zero-order valence-corrected chi connectivity index (χ0v) is 17.3. The molecule has 0 aliphatic rings. The van der Waals surface area contributed by atoms with E-state index in [0.29, 0.717) is 0 Å². The van der Waals surface area contributed by atoms with Gasteiger partial charge in [-0.05, 0) is 43.9 Å². The van der Waals surface area contributed by atoms with Crippen LogP contribution in [0, 0.1) is 20.8 Å². The topological polar surface area (TPSA) is 0 Å². The summed E-state index contributed by atoms with van der Waals surface area (Å²) in [5, 5.41) is 0. The van der Waals surface area contributed by atoms with Gasteiger partial charge in [0.05, 0.1) is 0 Å². The maximum absolute atomic E-state index is 2.39. The third-order valence-electron chi connectivity index (χ3n) is 5.69. The fourth-order valence-electron chi connectivity index (χ4n) is 4.30. The summed E-state index contributed by atoms with van der Waals surface area (Å²) in [4.78, 5) is 0.